The van der Waals surface area contributed by atoms with Crippen LogP contribution >= 0.6 is 12.4 Å². The molecule has 1 aromatic heterocycles. The number of benzene rings is 2. The molecule has 0 radical (unpaired) electrons. The summed E-state index contributed by atoms with van der Waals surface area (Å²) in [6.45, 7) is 5.41. The minimum atomic E-state index is 0. The molecule has 1 fully saturated rings. The SMILES string of the molecule is Cl.N#C/C(=C\c1ccccc1OCCCCN1CCOCC1)c1noc2ccccc12. The van der Waals surface area contributed by atoms with Crippen molar-refractivity contribution >= 4 is 35.0 Å². The van der Waals surface area contributed by atoms with E-state index in [0.717, 1.165) is 62.4 Å². The zero-order valence-corrected chi connectivity index (χ0v) is 18.1. The summed E-state index contributed by atoms with van der Waals surface area (Å²) in [5.74, 6) is 0.768. The molecular weight excluding hydrogens is 414 g/mol. The van der Waals surface area contributed by atoms with Gasteiger partial charge in [-0.05, 0) is 43.7 Å². The monoisotopic (exact) mass is 439 g/mol. The number of halogens is 1. The molecular formula is C24H26ClN3O3. The maximum absolute atomic E-state index is 9.73. The van der Waals surface area contributed by atoms with Crippen molar-refractivity contribution in [1.82, 2.24) is 10.1 Å². The Hall–Kier alpha value is -2.85. The summed E-state index contributed by atoms with van der Waals surface area (Å²) in [5.41, 5.74) is 2.52. The quantitative estimate of drug-likeness (QED) is 0.370. The van der Waals surface area contributed by atoms with Gasteiger partial charge in [0.05, 0.1) is 30.8 Å². The molecule has 0 saturated carbocycles. The summed E-state index contributed by atoms with van der Waals surface area (Å²) in [6, 6.07) is 17.6. The zero-order chi connectivity index (χ0) is 20.6. The third-order valence-corrected chi connectivity index (χ3v) is 5.20. The molecule has 6 nitrogen and oxygen atoms in total. The first kappa shape index (κ1) is 22.8. The van der Waals surface area contributed by atoms with Gasteiger partial charge >= 0.3 is 0 Å². The Bertz CT molecular complexity index is 1050. The Morgan fingerprint density at radius 3 is 2.71 bits per heavy atom. The number of unbranched alkanes of at least 4 members (excludes halogenated alkanes) is 1. The van der Waals surface area contributed by atoms with E-state index in [1.54, 1.807) is 0 Å². The second-order valence-electron chi connectivity index (χ2n) is 7.24. The minimum absolute atomic E-state index is 0. The van der Waals surface area contributed by atoms with E-state index in [4.69, 9.17) is 14.0 Å². The fourth-order valence-corrected chi connectivity index (χ4v) is 3.56. The molecule has 0 unspecified atom stereocenters. The summed E-state index contributed by atoms with van der Waals surface area (Å²) in [4.78, 5) is 2.43. The summed E-state index contributed by atoms with van der Waals surface area (Å²) in [5, 5.41) is 14.7. The van der Waals surface area contributed by atoms with Crippen LogP contribution in [0.15, 0.2) is 53.1 Å². The van der Waals surface area contributed by atoms with Crippen molar-refractivity contribution < 1.29 is 14.0 Å². The Morgan fingerprint density at radius 2 is 1.87 bits per heavy atom. The number of ether oxygens (including phenoxy) is 2. The maximum Gasteiger partial charge on any atom is 0.167 e. The lowest BCUT2D eigenvalue weighted by molar-refractivity contribution is 0.0368. The van der Waals surface area contributed by atoms with E-state index in [9.17, 15) is 5.26 Å². The van der Waals surface area contributed by atoms with Gasteiger partial charge in [0, 0.05) is 18.7 Å². The number of para-hydroxylation sites is 2. The number of hydrogen-bond acceptors (Lipinski definition) is 6. The Kier molecular flexibility index (Phi) is 8.48. The molecule has 2 aromatic carbocycles. The predicted molar refractivity (Wildman–Crippen MR) is 123 cm³/mol. The van der Waals surface area contributed by atoms with E-state index in [1.807, 2.05) is 54.6 Å². The minimum Gasteiger partial charge on any atom is -0.493 e. The highest BCUT2D eigenvalue weighted by atomic mass is 35.5. The second kappa shape index (κ2) is 11.5. The van der Waals surface area contributed by atoms with Crippen molar-refractivity contribution in [3.63, 3.8) is 0 Å². The molecule has 0 aliphatic carbocycles. The van der Waals surface area contributed by atoms with Gasteiger partial charge in [0.15, 0.2) is 5.58 Å². The van der Waals surface area contributed by atoms with Gasteiger partial charge in [-0.25, -0.2) is 0 Å². The summed E-state index contributed by atoms with van der Waals surface area (Å²) < 4.78 is 16.8. The normalized spacial score (nSPS) is 14.7. The highest BCUT2D eigenvalue weighted by Crippen LogP contribution is 2.28. The van der Waals surface area contributed by atoms with E-state index in [1.165, 1.54) is 0 Å². The molecule has 0 atom stereocenters. The third kappa shape index (κ3) is 5.86. The van der Waals surface area contributed by atoms with Gasteiger partial charge < -0.3 is 14.0 Å². The lowest BCUT2D eigenvalue weighted by atomic mass is 10.1. The van der Waals surface area contributed by atoms with E-state index >= 15 is 0 Å². The highest BCUT2D eigenvalue weighted by molar-refractivity contribution is 5.99. The van der Waals surface area contributed by atoms with Gasteiger partial charge in [-0.1, -0.05) is 35.5 Å². The summed E-state index contributed by atoms with van der Waals surface area (Å²) in [6.07, 6.45) is 3.88. The average Bonchev–Trinajstić information content (AvgIpc) is 3.23. The van der Waals surface area contributed by atoms with Crippen molar-refractivity contribution in [2.24, 2.45) is 0 Å². The largest absolute Gasteiger partial charge is 0.493 e. The molecule has 162 valence electrons. The third-order valence-electron chi connectivity index (χ3n) is 5.20. The van der Waals surface area contributed by atoms with Crippen molar-refractivity contribution in [2.45, 2.75) is 12.8 Å². The Balaban J connectivity index is 0.00000272. The standard InChI is InChI=1S/C24H25N3O3.ClH/c25-18-20(24-21-8-2-4-10-23(21)30-26-24)17-19-7-1-3-9-22(19)29-14-6-5-11-27-12-15-28-16-13-27;/h1-4,7-10,17H,5-6,11-16H2;1H/b20-17+;. The topological polar surface area (TPSA) is 71.5 Å². The smallest absolute Gasteiger partial charge is 0.167 e. The van der Waals surface area contributed by atoms with E-state index < -0.39 is 0 Å². The second-order valence-corrected chi connectivity index (χ2v) is 7.24. The molecule has 0 amide bonds. The van der Waals surface area contributed by atoms with Crippen LogP contribution in [0.5, 0.6) is 5.75 Å². The van der Waals surface area contributed by atoms with Crippen LogP contribution < -0.4 is 4.74 Å². The molecule has 7 heteroatoms. The lowest BCUT2D eigenvalue weighted by Gasteiger charge is -2.26. The van der Waals surface area contributed by atoms with Crippen LogP contribution in [0.1, 0.15) is 24.1 Å². The zero-order valence-electron chi connectivity index (χ0n) is 17.3. The van der Waals surface area contributed by atoms with E-state index in [2.05, 4.69) is 16.1 Å². The Morgan fingerprint density at radius 1 is 1.10 bits per heavy atom. The van der Waals surface area contributed by atoms with Crippen LogP contribution in [-0.4, -0.2) is 49.5 Å². The van der Waals surface area contributed by atoms with Crippen molar-refractivity contribution in [3.8, 4) is 11.8 Å². The number of nitriles is 1. The predicted octanol–water partition coefficient (Wildman–Crippen LogP) is 4.80. The first-order valence-corrected chi connectivity index (χ1v) is 10.3. The number of nitrogens with zero attached hydrogens (tertiary/aromatic N) is 3. The van der Waals surface area contributed by atoms with Crippen LogP contribution in [-0.2, 0) is 4.74 Å². The number of hydrogen-bond donors (Lipinski definition) is 0. The first-order valence-electron chi connectivity index (χ1n) is 10.3. The molecule has 1 saturated heterocycles. The molecule has 1 aliphatic rings. The Labute approximate surface area is 188 Å². The van der Waals surface area contributed by atoms with Gasteiger partial charge in [0.1, 0.15) is 17.5 Å². The number of allylic oxidation sites excluding steroid dienone is 1. The van der Waals surface area contributed by atoms with Crippen LogP contribution in [0.4, 0.5) is 0 Å². The van der Waals surface area contributed by atoms with Crippen LogP contribution in [0.2, 0.25) is 0 Å². The molecule has 0 bridgehead atoms. The molecule has 2 heterocycles. The number of rotatable bonds is 8. The fraction of sp³-hybridized carbons (Fsp3) is 0.333. The van der Waals surface area contributed by atoms with Gasteiger partial charge in [-0.2, -0.15) is 5.26 Å². The van der Waals surface area contributed by atoms with Crippen LogP contribution in [0.25, 0.3) is 22.6 Å². The fourth-order valence-electron chi connectivity index (χ4n) is 3.56. The molecule has 31 heavy (non-hydrogen) atoms. The molecule has 0 N–H and O–H groups in total. The average molecular weight is 440 g/mol. The maximum atomic E-state index is 9.73. The van der Waals surface area contributed by atoms with Gasteiger partial charge in [-0.3, -0.25) is 4.90 Å². The van der Waals surface area contributed by atoms with Crippen molar-refractivity contribution in [1.29, 1.82) is 5.26 Å². The van der Waals surface area contributed by atoms with Gasteiger partial charge in [0.2, 0.25) is 0 Å². The molecule has 4 rings (SSSR count). The van der Waals surface area contributed by atoms with Crippen molar-refractivity contribution in [3.05, 3.63) is 59.8 Å². The molecule has 0 spiro atoms. The molecule has 1 aliphatic heterocycles. The lowest BCUT2D eigenvalue weighted by Crippen LogP contribution is -2.36. The number of morpholine rings is 1. The number of fused-ring (bicyclic) bond motifs is 1. The van der Waals surface area contributed by atoms with Crippen LogP contribution in [0, 0.1) is 11.3 Å². The van der Waals surface area contributed by atoms with E-state index in [0.29, 0.717) is 23.5 Å². The van der Waals surface area contributed by atoms with Crippen molar-refractivity contribution in [2.75, 3.05) is 39.5 Å². The number of aromatic nitrogens is 1. The molecule has 3 aromatic rings. The van der Waals surface area contributed by atoms with E-state index in [-0.39, 0.29) is 12.4 Å². The summed E-state index contributed by atoms with van der Waals surface area (Å²) in [7, 11) is 0. The van der Waals surface area contributed by atoms with Gasteiger partial charge in [0.25, 0.3) is 0 Å². The summed E-state index contributed by atoms with van der Waals surface area (Å²) >= 11 is 0. The highest BCUT2D eigenvalue weighted by Gasteiger charge is 2.13. The van der Waals surface area contributed by atoms with Gasteiger partial charge in [-0.15, -0.1) is 12.4 Å². The van der Waals surface area contributed by atoms with Crippen LogP contribution in [0.3, 0.4) is 0 Å². The first-order chi connectivity index (χ1) is 14.8.